The van der Waals surface area contributed by atoms with Gasteiger partial charge in [0.15, 0.2) is 0 Å². The van der Waals surface area contributed by atoms with Crippen LogP contribution >= 0.6 is 15.9 Å². The Morgan fingerprint density at radius 3 is 2.52 bits per heavy atom. The number of benzene rings is 4. The van der Waals surface area contributed by atoms with Gasteiger partial charge in [0, 0.05) is 21.3 Å². The smallest absolute Gasteiger partial charge is 0.266 e. The molecule has 0 spiro atoms. The summed E-state index contributed by atoms with van der Waals surface area (Å²) in [6, 6.07) is 29.0. The summed E-state index contributed by atoms with van der Waals surface area (Å²) in [6.07, 6.45) is 1.60. The first-order valence-electron chi connectivity index (χ1n) is 10.4. The van der Waals surface area contributed by atoms with Crippen LogP contribution in [0.3, 0.4) is 0 Å². The predicted molar refractivity (Wildman–Crippen MR) is 136 cm³/mol. The van der Waals surface area contributed by atoms with E-state index in [9.17, 15) is 10.1 Å². The van der Waals surface area contributed by atoms with Crippen molar-refractivity contribution in [2.24, 2.45) is 0 Å². The molecular weight excluding hydrogens is 476 g/mol. The van der Waals surface area contributed by atoms with Gasteiger partial charge in [-0.3, -0.25) is 4.79 Å². The molecule has 4 nitrogen and oxygen atoms in total. The Bertz CT molecular complexity index is 1400. The lowest BCUT2D eigenvalue weighted by atomic mass is 10.0. The van der Waals surface area contributed by atoms with Crippen molar-refractivity contribution < 1.29 is 9.53 Å². The Balaban J connectivity index is 1.72. The van der Waals surface area contributed by atoms with Gasteiger partial charge >= 0.3 is 0 Å². The zero-order valence-electron chi connectivity index (χ0n) is 18.0. The van der Waals surface area contributed by atoms with Gasteiger partial charge in [-0.2, -0.15) is 5.26 Å². The molecule has 0 aromatic heterocycles. The van der Waals surface area contributed by atoms with E-state index in [2.05, 4.69) is 27.3 Å². The van der Waals surface area contributed by atoms with E-state index in [1.807, 2.05) is 91.9 Å². The van der Waals surface area contributed by atoms with E-state index in [4.69, 9.17) is 4.74 Å². The molecule has 1 N–H and O–H groups in total. The normalized spacial score (nSPS) is 11.1. The van der Waals surface area contributed by atoms with Crippen LogP contribution in [0.25, 0.3) is 16.8 Å². The number of hydrogen-bond donors (Lipinski definition) is 1. The fraction of sp³-hybridized carbons (Fsp3) is 0.0714. The number of para-hydroxylation sites is 1. The van der Waals surface area contributed by atoms with Gasteiger partial charge < -0.3 is 10.1 Å². The standard InChI is InChI=1S/C28H21BrN2O2/c1-19-8-2-7-13-26(19)31-28(32)22(17-30)16-24-23-11-5-3-9-20(23)14-15-27(24)33-18-21-10-4-6-12-25(21)29/h2-16H,18H2,1H3,(H,31,32)/b22-16+. The molecule has 33 heavy (non-hydrogen) atoms. The first-order valence-corrected chi connectivity index (χ1v) is 11.2. The van der Waals surface area contributed by atoms with Crippen molar-refractivity contribution in [1.29, 1.82) is 5.26 Å². The maximum Gasteiger partial charge on any atom is 0.266 e. The summed E-state index contributed by atoms with van der Waals surface area (Å²) in [5.74, 6) is 0.136. The molecule has 0 saturated carbocycles. The van der Waals surface area contributed by atoms with Gasteiger partial charge in [-0.1, -0.05) is 82.7 Å². The molecule has 4 aromatic rings. The number of amides is 1. The monoisotopic (exact) mass is 496 g/mol. The first-order chi connectivity index (χ1) is 16.1. The third-order valence-corrected chi connectivity index (χ3v) is 6.09. The Morgan fingerprint density at radius 2 is 1.73 bits per heavy atom. The number of carbonyl (C=O) groups is 1. The van der Waals surface area contributed by atoms with Crippen LogP contribution in [-0.2, 0) is 11.4 Å². The van der Waals surface area contributed by atoms with E-state index >= 15 is 0 Å². The second-order valence-electron chi connectivity index (χ2n) is 7.52. The summed E-state index contributed by atoms with van der Waals surface area (Å²) in [5.41, 5.74) is 3.29. The fourth-order valence-electron chi connectivity index (χ4n) is 3.52. The van der Waals surface area contributed by atoms with Crippen molar-refractivity contribution in [2.75, 3.05) is 5.32 Å². The Hall–Kier alpha value is -3.88. The van der Waals surface area contributed by atoms with Gasteiger partial charge in [-0.25, -0.2) is 0 Å². The number of aryl methyl sites for hydroxylation is 1. The van der Waals surface area contributed by atoms with Crippen LogP contribution in [-0.4, -0.2) is 5.91 Å². The zero-order chi connectivity index (χ0) is 23.2. The van der Waals surface area contributed by atoms with Crippen LogP contribution in [0, 0.1) is 18.3 Å². The number of carbonyl (C=O) groups excluding carboxylic acids is 1. The van der Waals surface area contributed by atoms with E-state index in [1.165, 1.54) is 0 Å². The highest BCUT2D eigenvalue weighted by Crippen LogP contribution is 2.31. The third-order valence-electron chi connectivity index (χ3n) is 5.32. The number of fused-ring (bicyclic) bond motifs is 1. The molecule has 1 amide bonds. The molecular formula is C28H21BrN2O2. The first kappa shape index (κ1) is 22.3. The molecule has 0 aliphatic rings. The number of anilines is 1. The number of rotatable bonds is 6. The zero-order valence-corrected chi connectivity index (χ0v) is 19.6. The molecule has 0 bridgehead atoms. The maximum absolute atomic E-state index is 12.9. The van der Waals surface area contributed by atoms with Crippen LogP contribution in [0.2, 0.25) is 0 Å². The van der Waals surface area contributed by atoms with Crippen LogP contribution in [0.15, 0.2) is 95.0 Å². The molecule has 5 heteroatoms. The van der Waals surface area contributed by atoms with Gasteiger partial charge in [0.1, 0.15) is 24.0 Å². The number of ether oxygens (including phenoxy) is 1. The lowest BCUT2D eigenvalue weighted by Crippen LogP contribution is -2.14. The minimum Gasteiger partial charge on any atom is -0.488 e. The van der Waals surface area contributed by atoms with Gasteiger partial charge in [0.25, 0.3) is 5.91 Å². The molecule has 0 fully saturated rings. The highest BCUT2D eigenvalue weighted by molar-refractivity contribution is 9.10. The van der Waals surface area contributed by atoms with Crippen molar-refractivity contribution in [3.63, 3.8) is 0 Å². The summed E-state index contributed by atoms with van der Waals surface area (Å²) in [4.78, 5) is 12.9. The lowest BCUT2D eigenvalue weighted by Gasteiger charge is -2.14. The van der Waals surface area contributed by atoms with Crippen LogP contribution < -0.4 is 10.1 Å². The Labute approximate surface area is 201 Å². The predicted octanol–water partition coefficient (Wildman–Crippen LogP) is 7.04. The number of nitrogens with zero attached hydrogens (tertiary/aromatic N) is 1. The van der Waals surface area contributed by atoms with Crippen molar-refractivity contribution in [3.8, 4) is 11.8 Å². The average molecular weight is 497 g/mol. The summed E-state index contributed by atoms with van der Waals surface area (Å²) in [5, 5.41) is 14.5. The summed E-state index contributed by atoms with van der Waals surface area (Å²) in [7, 11) is 0. The fourth-order valence-corrected chi connectivity index (χ4v) is 3.92. The van der Waals surface area contributed by atoms with Gasteiger partial charge in [0.2, 0.25) is 0 Å². The number of nitrogens with one attached hydrogen (secondary N) is 1. The van der Waals surface area contributed by atoms with E-state index < -0.39 is 5.91 Å². The number of halogens is 1. The molecule has 162 valence electrons. The maximum atomic E-state index is 12.9. The van der Waals surface area contributed by atoms with Crippen LogP contribution in [0.5, 0.6) is 5.75 Å². The topological polar surface area (TPSA) is 62.1 Å². The summed E-state index contributed by atoms with van der Waals surface area (Å²) >= 11 is 3.55. The SMILES string of the molecule is Cc1ccccc1NC(=O)/C(C#N)=C/c1c(OCc2ccccc2Br)ccc2ccccc12. The molecule has 0 radical (unpaired) electrons. The molecule has 0 aliphatic carbocycles. The van der Waals surface area contributed by atoms with Gasteiger partial charge in [-0.05, 0) is 47.5 Å². The largest absolute Gasteiger partial charge is 0.488 e. The minimum absolute atomic E-state index is 0.000322. The summed E-state index contributed by atoms with van der Waals surface area (Å²) < 4.78 is 7.12. The van der Waals surface area contributed by atoms with E-state index in [0.717, 1.165) is 26.4 Å². The molecule has 0 atom stereocenters. The second-order valence-corrected chi connectivity index (χ2v) is 8.37. The van der Waals surface area contributed by atoms with Crippen LogP contribution in [0.1, 0.15) is 16.7 Å². The molecule has 0 saturated heterocycles. The lowest BCUT2D eigenvalue weighted by molar-refractivity contribution is -0.112. The Morgan fingerprint density at radius 1 is 1.00 bits per heavy atom. The van der Waals surface area contributed by atoms with Crippen molar-refractivity contribution in [1.82, 2.24) is 0 Å². The van der Waals surface area contributed by atoms with Gasteiger partial charge in [-0.15, -0.1) is 0 Å². The van der Waals surface area contributed by atoms with Crippen molar-refractivity contribution >= 4 is 44.4 Å². The second kappa shape index (κ2) is 10.2. The third kappa shape index (κ3) is 5.14. The Kier molecular flexibility index (Phi) is 6.87. The highest BCUT2D eigenvalue weighted by atomic mass is 79.9. The molecule has 4 aromatic carbocycles. The van der Waals surface area contributed by atoms with Crippen LogP contribution in [0.4, 0.5) is 5.69 Å². The number of hydrogen-bond acceptors (Lipinski definition) is 3. The van der Waals surface area contributed by atoms with E-state index in [-0.39, 0.29) is 5.57 Å². The molecule has 0 heterocycles. The van der Waals surface area contributed by atoms with E-state index in [0.29, 0.717) is 23.6 Å². The highest BCUT2D eigenvalue weighted by Gasteiger charge is 2.15. The van der Waals surface area contributed by atoms with Gasteiger partial charge in [0.05, 0.1) is 0 Å². The summed E-state index contributed by atoms with van der Waals surface area (Å²) in [6.45, 7) is 2.25. The van der Waals surface area contributed by atoms with Crippen molar-refractivity contribution in [3.05, 3.63) is 112 Å². The van der Waals surface area contributed by atoms with Crippen molar-refractivity contribution in [2.45, 2.75) is 13.5 Å². The average Bonchev–Trinajstić information content (AvgIpc) is 2.83. The van der Waals surface area contributed by atoms with E-state index in [1.54, 1.807) is 6.08 Å². The molecule has 0 unspecified atom stereocenters. The minimum atomic E-state index is -0.462. The quantitative estimate of drug-likeness (QED) is 0.230. The molecule has 0 aliphatic heterocycles. The molecule has 4 rings (SSSR count). The number of nitriles is 1.